The van der Waals surface area contributed by atoms with Crippen LogP contribution in [-0.2, 0) is 11.3 Å². The van der Waals surface area contributed by atoms with Gasteiger partial charge in [-0.15, -0.1) is 24.2 Å². The van der Waals surface area contributed by atoms with E-state index in [1.807, 2.05) is 6.26 Å². The van der Waals surface area contributed by atoms with E-state index in [0.29, 0.717) is 12.7 Å². The molecule has 1 saturated heterocycles. The molecule has 1 N–H and O–H groups in total. The molecule has 1 atom stereocenters. The lowest BCUT2D eigenvalue weighted by Gasteiger charge is -2.23. The van der Waals surface area contributed by atoms with Crippen LogP contribution >= 0.6 is 24.2 Å². The van der Waals surface area contributed by atoms with E-state index in [4.69, 9.17) is 4.74 Å². The first-order valence-electron chi connectivity index (χ1n) is 5.56. The Hall–Kier alpha value is -0.360. The van der Waals surface area contributed by atoms with E-state index >= 15 is 0 Å². The van der Waals surface area contributed by atoms with Crippen LogP contribution in [0.3, 0.4) is 0 Å². The van der Waals surface area contributed by atoms with Crippen LogP contribution in [0, 0.1) is 0 Å². The lowest BCUT2D eigenvalue weighted by molar-refractivity contribution is 0.0222. The summed E-state index contributed by atoms with van der Waals surface area (Å²) in [6, 6.07) is 0. The Morgan fingerprint density at radius 3 is 3.00 bits per heavy atom. The number of thioether (sulfide) groups is 1. The van der Waals surface area contributed by atoms with Gasteiger partial charge in [-0.1, -0.05) is 0 Å². The van der Waals surface area contributed by atoms with E-state index in [1.165, 1.54) is 6.42 Å². The summed E-state index contributed by atoms with van der Waals surface area (Å²) in [6.07, 6.45) is 8.11. The van der Waals surface area contributed by atoms with Crippen LogP contribution < -0.4 is 5.32 Å². The maximum Gasteiger partial charge on any atom is 0.120 e. The van der Waals surface area contributed by atoms with Gasteiger partial charge in [-0.05, 0) is 25.6 Å². The van der Waals surface area contributed by atoms with Crippen molar-refractivity contribution in [1.29, 1.82) is 0 Å². The third-order valence-electron chi connectivity index (χ3n) is 2.64. The molecule has 1 aromatic rings. The molecule has 2 heterocycles. The van der Waals surface area contributed by atoms with Gasteiger partial charge >= 0.3 is 0 Å². The molecule has 0 unspecified atom stereocenters. The van der Waals surface area contributed by atoms with Crippen molar-refractivity contribution in [2.45, 2.75) is 30.6 Å². The van der Waals surface area contributed by atoms with Crippen LogP contribution in [0.15, 0.2) is 17.4 Å². The molecule has 0 bridgehead atoms. The Bertz CT molecular complexity index is 334. The SMILES string of the molecule is CSc1nccnc1CO[C@@H]1CCCNC1.Cl. The predicted molar refractivity (Wildman–Crippen MR) is 71.7 cm³/mol. The molecule has 4 nitrogen and oxygen atoms in total. The highest BCUT2D eigenvalue weighted by molar-refractivity contribution is 7.98. The quantitative estimate of drug-likeness (QED) is 0.851. The molecule has 0 aliphatic carbocycles. The molecule has 1 fully saturated rings. The van der Waals surface area contributed by atoms with Crippen molar-refractivity contribution in [3.05, 3.63) is 18.1 Å². The van der Waals surface area contributed by atoms with E-state index in [2.05, 4.69) is 15.3 Å². The summed E-state index contributed by atoms with van der Waals surface area (Å²) >= 11 is 1.61. The summed E-state index contributed by atoms with van der Waals surface area (Å²) in [6.45, 7) is 2.63. The minimum Gasteiger partial charge on any atom is -0.370 e. The summed E-state index contributed by atoms with van der Waals surface area (Å²) in [5, 5.41) is 4.30. The number of hydrogen-bond donors (Lipinski definition) is 1. The highest BCUT2D eigenvalue weighted by Crippen LogP contribution is 2.17. The van der Waals surface area contributed by atoms with Gasteiger partial charge in [0, 0.05) is 18.9 Å². The zero-order valence-corrected chi connectivity index (χ0v) is 11.5. The molecule has 6 heteroatoms. The predicted octanol–water partition coefficient (Wildman–Crippen LogP) is 1.89. The van der Waals surface area contributed by atoms with Crippen LogP contribution in [0.1, 0.15) is 18.5 Å². The number of piperidine rings is 1. The van der Waals surface area contributed by atoms with E-state index in [0.717, 1.165) is 30.2 Å². The first kappa shape index (κ1) is 14.7. The van der Waals surface area contributed by atoms with Crippen molar-refractivity contribution in [1.82, 2.24) is 15.3 Å². The number of rotatable bonds is 4. The number of hydrogen-bond acceptors (Lipinski definition) is 5. The fraction of sp³-hybridized carbons (Fsp3) is 0.636. The van der Waals surface area contributed by atoms with Crippen molar-refractivity contribution in [2.75, 3.05) is 19.3 Å². The average molecular weight is 276 g/mol. The molecule has 1 aliphatic heterocycles. The van der Waals surface area contributed by atoms with E-state index in [-0.39, 0.29) is 12.4 Å². The number of nitrogens with one attached hydrogen (secondary N) is 1. The van der Waals surface area contributed by atoms with Crippen LogP contribution in [0.5, 0.6) is 0 Å². The monoisotopic (exact) mass is 275 g/mol. The molecule has 2 rings (SSSR count). The molecule has 1 aromatic heterocycles. The number of ether oxygens (including phenoxy) is 1. The van der Waals surface area contributed by atoms with Gasteiger partial charge in [-0.25, -0.2) is 4.98 Å². The van der Waals surface area contributed by atoms with Crippen molar-refractivity contribution in [2.24, 2.45) is 0 Å². The van der Waals surface area contributed by atoms with Crippen LogP contribution in [0.2, 0.25) is 0 Å². The molecule has 17 heavy (non-hydrogen) atoms. The fourth-order valence-corrected chi connectivity index (χ4v) is 2.30. The molecule has 0 aromatic carbocycles. The molecule has 0 saturated carbocycles. The first-order chi connectivity index (χ1) is 7.90. The van der Waals surface area contributed by atoms with Crippen molar-refractivity contribution < 1.29 is 4.74 Å². The standard InChI is InChI=1S/C11H17N3OS.ClH/c1-16-11-10(13-5-6-14-11)8-15-9-3-2-4-12-7-9;/h5-6,9,12H,2-4,7-8H2,1H3;1H/t9-;/m1./s1. The molecule has 0 radical (unpaired) electrons. The zero-order valence-electron chi connectivity index (χ0n) is 9.89. The smallest absolute Gasteiger partial charge is 0.120 e. The van der Waals surface area contributed by atoms with Gasteiger partial charge < -0.3 is 10.1 Å². The first-order valence-corrected chi connectivity index (χ1v) is 6.79. The van der Waals surface area contributed by atoms with Crippen LogP contribution in [0.4, 0.5) is 0 Å². The Labute approximate surface area is 112 Å². The summed E-state index contributed by atoms with van der Waals surface area (Å²) in [5.41, 5.74) is 0.945. The molecule has 96 valence electrons. The van der Waals surface area contributed by atoms with Gasteiger partial charge in [0.25, 0.3) is 0 Å². The second kappa shape index (κ2) is 7.87. The normalized spacial score (nSPS) is 19.7. The van der Waals surface area contributed by atoms with Crippen molar-refractivity contribution in [3.8, 4) is 0 Å². The van der Waals surface area contributed by atoms with Crippen LogP contribution in [-0.4, -0.2) is 35.4 Å². The van der Waals surface area contributed by atoms with E-state index in [1.54, 1.807) is 24.2 Å². The van der Waals surface area contributed by atoms with Gasteiger partial charge in [0.15, 0.2) is 0 Å². The Balaban J connectivity index is 0.00000144. The summed E-state index contributed by atoms with van der Waals surface area (Å²) in [5.74, 6) is 0. The maximum absolute atomic E-state index is 5.83. The molecular weight excluding hydrogens is 258 g/mol. The Morgan fingerprint density at radius 2 is 2.29 bits per heavy atom. The second-order valence-corrected chi connectivity index (χ2v) is 4.59. The number of aromatic nitrogens is 2. The summed E-state index contributed by atoms with van der Waals surface area (Å²) in [4.78, 5) is 8.57. The number of halogens is 1. The fourth-order valence-electron chi connectivity index (χ4n) is 1.78. The molecule has 1 aliphatic rings. The Kier molecular flexibility index (Phi) is 6.80. The summed E-state index contributed by atoms with van der Waals surface area (Å²) < 4.78 is 5.83. The van der Waals surface area contributed by atoms with Gasteiger partial charge in [0.1, 0.15) is 5.03 Å². The number of nitrogens with zero attached hydrogens (tertiary/aromatic N) is 2. The minimum absolute atomic E-state index is 0. The third-order valence-corrected chi connectivity index (χ3v) is 3.36. The largest absolute Gasteiger partial charge is 0.370 e. The highest BCUT2D eigenvalue weighted by atomic mass is 35.5. The highest BCUT2D eigenvalue weighted by Gasteiger charge is 2.14. The maximum atomic E-state index is 5.83. The van der Waals surface area contributed by atoms with E-state index < -0.39 is 0 Å². The second-order valence-electron chi connectivity index (χ2n) is 3.79. The molecule has 0 spiro atoms. The average Bonchev–Trinajstić information content (AvgIpc) is 2.38. The van der Waals surface area contributed by atoms with Crippen LogP contribution in [0.25, 0.3) is 0 Å². The Morgan fingerprint density at radius 1 is 1.47 bits per heavy atom. The topological polar surface area (TPSA) is 47.0 Å². The zero-order chi connectivity index (χ0) is 11.2. The third kappa shape index (κ3) is 4.43. The minimum atomic E-state index is 0. The lowest BCUT2D eigenvalue weighted by Crippen LogP contribution is -2.35. The van der Waals surface area contributed by atoms with Crippen molar-refractivity contribution in [3.63, 3.8) is 0 Å². The van der Waals surface area contributed by atoms with Gasteiger partial charge in [-0.3, -0.25) is 4.98 Å². The van der Waals surface area contributed by atoms with Gasteiger partial charge in [-0.2, -0.15) is 0 Å². The van der Waals surface area contributed by atoms with Crippen molar-refractivity contribution >= 4 is 24.2 Å². The molecular formula is C11H18ClN3OS. The van der Waals surface area contributed by atoms with Gasteiger partial charge in [0.2, 0.25) is 0 Å². The lowest BCUT2D eigenvalue weighted by atomic mass is 10.1. The molecule has 0 amide bonds. The summed E-state index contributed by atoms with van der Waals surface area (Å²) in [7, 11) is 0. The van der Waals surface area contributed by atoms with E-state index in [9.17, 15) is 0 Å². The van der Waals surface area contributed by atoms with Gasteiger partial charge in [0.05, 0.1) is 18.4 Å².